The Balaban J connectivity index is 1.42. The van der Waals surface area contributed by atoms with Crippen molar-refractivity contribution in [2.24, 2.45) is 0 Å². The highest BCUT2D eigenvalue weighted by Gasteiger charge is 2.28. The number of benzene rings is 1. The van der Waals surface area contributed by atoms with Gasteiger partial charge in [0.1, 0.15) is 30.2 Å². The number of nitrogens with zero attached hydrogens (tertiary/aromatic N) is 6. The first-order chi connectivity index (χ1) is 11.8. The van der Waals surface area contributed by atoms with Crippen molar-refractivity contribution in [1.82, 2.24) is 30.1 Å². The van der Waals surface area contributed by atoms with Gasteiger partial charge in [-0.05, 0) is 22.6 Å². The largest absolute Gasteiger partial charge is 0.486 e. The van der Waals surface area contributed by atoms with Crippen LogP contribution >= 0.6 is 0 Å². The van der Waals surface area contributed by atoms with Gasteiger partial charge in [-0.25, -0.2) is 4.68 Å². The molecule has 1 aliphatic rings. The van der Waals surface area contributed by atoms with Gasteiger partial charge in [0.2, 0.25) is 5.91 Å². The molecule has 1 aromatic carbocycles. The number of aromatic nitrogens is 5. The predicted molar refractivity (Wildman–Crippen MR) is 85.2 cm³/mol. The van der Waals surface area contributed by atoms with Crippen LogP contribution in [0.3, 0.4) is 0 Å². The number of hydrogen-bond acceptors (Lipinski definition) is 6. The maximum absolute atomic E-state index is 12.3. The molecule has 0 radical (unpaired) electrons. The highest BCUT2D eigenvalue weighted by atomic mass is 16.5. The summed E-state index contributed by atoms with van der Waals surface area (Å²) in [4.78, 5) is 18.4. The number of fused-ring (bicyclic) bond motifs is 1. The third kappa shape index (κ3) is 2.90. The third-order valence-corrected chi connectivity index (χ3v) is 4.08. The fourth-order valence-electron chi connectivity index (χ4n) is 2.89. The van der Waals surface area contributed by atoms with Crippen molar-refractivity contribution in [3.63, 3.8) is 0 Å². The molecule has 1 aliphatic heterocycles. The van der Waals surface area contributed by atoms with Gasteiger partial charge >= 0.3 is 0 Å². The minimum absolute atomic E-state index is 0.00977. The van der Waals surface area contributed by atoms with E-state index < -0.39 is 0 Å². The fourth-order valence-corrected chi connectivity index (χ4v) is 2.89. The zero-order valence-corrected chi connectivity index (χ0v) is 12.9. The van der Waals surface area contributed by atoms with Crippen molar-refractivity contribution in [2.45, 2.75) is 19.1 Å². The van der Waals surface area contributed by atoms with Crippen LogP contribution in [0.25, 0.3) is 10.9 Å². The molecule has 1 saturated heterocycles. The van der Waals surface area contributed by atoms with Crippen molar-refractivity contribution in [2.75, 3.05) is 13.1 Å². The highest BCUT2D eigenvalue weighted by molar-refractivity contribution is 5.84. The molecule has 0 bridgehead atoms. The number of rotatable bonds is 4. The number of carbonyl (C=O) groups excluding carboxylic acids is 1. The first-order valence-electron chi connectivity index (χ1n) is 7.78. The van der Waals surface area contributed by atoms with Crippen LogP contribution in [0.15, 0.2) is 42.9 Å². The summed E-state index contributed by atoms with van der Waals surface area (Å²) in [5.41, 5.74) is 0.846. The molecular weight excluding hydrogens is 308 g/mol. The van der Waals surface area contributed by atoms with Gasteiger partial charge in [-0.1, -0.05) is 18.2 Å². The summed E-state index contributed by atoms with van der Waals surface area (Å²) < 4.78 is 7.52. The molecule has 3 aromatic rings. The predicted octanol–water partition coefficient (Wildman–Crippen LogP) is 0.901. The molecule has 0 N–H and O–H groups in total. The fraction of sp³-hybridized carbons (Fsp3) is 0.312. The second-order valence-electron chi connectivity index (χ2n) is 5.71. The van der Waals surface area contributed by atoms with Crippen LogP contribution in [0.4, 0.5) is 0 Å². The summed E-state index contributed by atoms with van der Waals surface area (Å²) in [7, 11) is 0. The molecule has 0 aliphatic carbocycles. The van der Waals surface area contributed by atoms with Crippen molar-refractivity contribution in [3.05, 3.63) is 42.9 Å². The van der Waals surface area contributed by atoms with E-state index in [9.17, 15) is 4.79 Å². The number of likely N-dealkylation sites (tertiary alicyclic amines) is 1. The number of pyridine rings is 1. The first kappa shape index (κ1) is 14.6. The van der Waals surface area contributed by atoms with Gasteiger partial charge in [-0.2, -0.15) is 0 Å². The topological polar surface area (TPSA) is 86.0 Å². The lowest BCUT2D eigenvalue weighted by Crippen LogP contribution is -2.33. The second kappa shape index (κ2) is 6.23. The van der Waals surface area contributed by atoms with Crippen molar-refractivity contribution < 1.29 is 9.53 Å². The average molecular weight is 324 g/mol. The zero-order valence-electron chi connectivity index (χ0n) is 12.9. The molecule has 8 nitrogen and oxygen atoms in total. The Kier molecular flexibility index (Phi) is 3.78. The zero-order chi connectivity index (χ0) is 16.4. The van der Waals surface area contributed by atoms with E-state index in [2.05, 4.69) is 20.5 Å². The van der Waals surface area contributed by atoms with E-state index in [1.807, 2.05) is 30.3 Å². The lowest BCUT2D eigenvalue weighted by atomic mass is 10.2. The van der Waals surface area contributed by atoms with Crippen LogP contribution in [-0.2, 0) is 11.3 Å². The number of carbonyl (C=O) groups is 1. The van der Waals surface area contributed by atoms with Crippen molar-refractivity contribution in [3.8, 4) is 5.75 Å². The molecule has 2 aromatic heterocycles. The summed E-state index contributed by atoms with van der Waals surface area (Å²) >= 11 is 0. The monoisotopic (exact) mass is 324 g/mol. The van der Waals surface area contributed by atoms with Gasteiger partial charge < -0.3 is 9.64 Å². The molecule has 1 amide bonds. The summed E-state index contributed by atoms with van der Waals surface area (Å²) in [6, 6.07) is 9.79. The SMILES string of the molecule is O=C(Cn1cnnn1)N1CCC(Oc2cccc3cccnc23)C1. The van der Waals surface area contributed by atoms with E-state index in [0.29, 0.717) is 13.1 Å². The summed E-state index contributed by atoms with van der Waals surface area (Å²) in [6.45, 7) is 1.38. The molecule has 1 unspecified atom stereocenters. The molecule has 8 heteroatoms. The summed E-state index contributed by atoms with van der Waals surface area (Å²) in [6.07, 6.45) is 3.95. The number of tetrazole rings is 1. The molecule has 3 heterocycles. The smallest absolute Gasteiger partial charge is 0.244 e. The lowest BCUT2D eigenvalue weighted by Gasteiger charge is -2.17. The van der Waals surface area contributed by atoms with E-state index in [0.717, 1.165) is 23.1 Å². The van der Waals surface area contributed by atoms with Gasteiger partial charge in [0, 0.05) is 24.5 Å². The normalized spacial score (nSPS) is 17.3. The highest BCUT2D eigenvalue weighted by Crippen LogP contribution is 2.26. The van der Waals surface area contributed by atoms with E-state index in [1.165, 1.54) is 11.0 Å². The summed E-state index contributed by atoms with van der Waals surface area (Å²) in [5.74, 6) is 0.748. The minimum Gasteiger partial charge on any atom is -0.486 e. The third-order valence-electron chi connectivity index (χ3n) is 4.08. The van der Waals surface area contributed by atoms with Crippen LogP contribution in [-0.4, -0.2) is 55.2 Å². The molecule has 122 valence electrons. The van der Waals surface area contributed by atoms with Gasteiger partial charge in [-0.15, -0.1) is 5.10 Å². The molecule has 0 saturated carbocycles. The number of para-hydroxylation sites is 1. The van der Waals surface area contributed by atoms with Crippen molar-refractivity contribution >= 4 is 16.8 Å². The Bertz CT molecular complexity index is 845. The minimum atomic E-state index is -0.0320. The maximum Gasteiger partial charge on any atom is 0.244 e. The van der Waals surface area contributed by atoms with E-state index in [-0.39, 0.29) is 18.6 Å². The van der Waals surface area contributed by atoms with Crippen LogP contribution in [0.1, 0.15) is 6.42 Å². The quantitative estimate of drug-likeness (QED) is 0.709. The maximum atomic E-state index is 12.3. The van der Waals surface area contributed by atoms with Gasteiger partial charge in [0.15, 0.2) is 0 Å². The average Bonchev–Trinajstić information content (AvgIpc) is 3.27. The Morgan fingerprint density at radius 2 is 2.21 bits per heavy atom. The Labute approximate surface area is 138 Å². The van der Waals surface area contributed by atoms with Gasteiger partial charge in [0.05, 0.1) is 6.54 Å². The number of amides is 1. The van der Waals surface area contributed by atoms with Gasteiger partial charge in [-0.3, -0.25) is 9.78 Å². The van der Waals surface area contributed by atoms with E-state index >= 15 is 0 Å². The van der Waals surface area contributed by atoms with Crippen molar-refractivity contribution in [1.29, 1.82) is 0 Å². The number of ether oxygens (including phenoxy) is 1. The number of hydrogen-bond donors (Lipinski definition) is 0. The molecular formula is C16H16N6O2. The lowest BCUT2D eigenvalue weighted by molar-refractivity contribution is -0.131. The molecule has 24 heavy (non-hydrogen) atoms. The second-order valence-corrected chi connectivity index (χ2v) is 5.71. The standard InChI is InChI=1S/C16H16N6O2/c23-15(10-22-11-18-19-20-22)21-8-6-13(9-21)24-14-5-1-3-12-4-2-7-17-16(12)14/h1-5,7,11,13H,6,8-10H2. The van der Waals surface area contributed by atoms with Crippen LogP contribution < -0.4 is 4.74 Å². The summed E-state index contributed by atoms with van der Waals surface area (Å²) in [5, 5.41) is 11.8. The van der Waals surface area contributed by atoms with Gasteiger partial charge in [0.25, 0.3) is 0 Å². The Hall–Kier alpha value is -3.03. The van der Waals surface area contributed by atoms with E-state index in [4.69, 9.17) is 4.74 Å². The Morgan fingerprint density at radius 1 is 1.29 bits per heavy atom. The first-order valence-corrected chi connectivity index (χ1v) is 7.78. The molecule has 0 spiro atoms. The van der Waals surface area contributed by atoms with Crippen LogP contribution in [0.2, 0.25) is 0 Å². The van der Waals surface area contributed by atoms with Crippen LogP contribution in [0.5, 0.6) is 5.75 Å². The van der Waals surface area contributed by atoms with Crippen LogP contribution in [0, 0.1) is 0 Å². The molecule has 4 rings (SSSR count). The Morgan fingerprint density at radius 3 is 3.08 bits per heavy atom. The van der Waals surface area contributed by atoms with E-state index in [1.54, 1.807) is 11.1 Å². The molecule has 1 fully saturated rings. The molecule has 1 atom stereocenters.